The van der Waals surface area contributed by atoms with E-state index in [0.29, 0.717) is 17.8 Å². The van der Waals surface area contributed by atoms with Crippen molar-refractivity contribution in [3.8, 4) is 5.69 Å². The fourth-order valence-corrected chi connectivity index (χ4v) is 10.7. The maximum atomic E-state index is 7.00. The Hall–Kier alpha value is -5.64. The Morgan fingerprint density at radius 2 is 1.66 bits per heavy atom. The van der Waals surface area contributed by atoms with Crippen LogP contribution in [0.2, 0.25) is 0 Å². The number of hydrogen-bond acceptors (Lipinski definition) is 2. The van der Waals surface area contributed by atoms with Crippen LogP contribution in [0.1, 0.15) is 30.5 Å². The predicted molar refractivity (Wildman–Crippen MR) is 217 cm³/mol. The molecule has 1 aliphatic heterocycles. The van der Waals surface area contributed by atoms with Gasteiger partial charge in [-0.3, -0.25) is 0 Å². The van der Waals surface area contributed by atoms with Crippen LogP contribution in [0.15, 0.2) is 174 Å². The third-order valence-electron chi connectivity index (χ3n) is 12.9. The summed E-state index contributed by atoms with van der Waals surface area (Å²) in [6, 6.07) is 27.2. The van der Waals surface area contributed by atoms with Gasteiger partial charge in [-0.2, -0.15) is 0 Å². The van der Waals surface area contributed by atoms with Crippen molar-refractivity contribution in [3.63, 3.8) is 0 Å². The second-order valence-corrected chi connectivity index (χ2v) is 15.7. The molecule has 3 heteroatoms. The van der Waals surface area contributed by atoms with Crippen LogP contribution in [0.3, 0.4) is 0 Å². The Morgan fingerprint density at radius 1 is 0.774 bits per heavy atom. The van der Waals surface area contributed by atoms with Gasteiger partial charge >= 0.3 is 0 Å². The smallest absolute Gasteiger partial charge is 0.105 e. The lowest BCUT2D eigenvalue weighted by Crippen LogP contribution is -2.41. The van der Waals surface area contributed by atoms with Gasteiger partial charge < -0.3 is 14.2 Å². The van der Waals surface area contributed by atoms with Gasteiger partial charge in [-0.05, 0) is 100 Å². The van der Waals surface area contributed by atoms with Crippen molar-refractivity contribution in [1.82, 2.24) is 4.57 Å². The second kappa shape index (κ2) is 11.4. The lowest BCUT2D eigenvalue weighted by atomic mass is 9.81. The van der Waals surface area contributed by atoms with Crippen LogP contribution in [0, 0.1) is 17.8 Å². The number of para-hydroxylation sites is 1. The van der Waals surface area contributed by atoms with Gasteiger partial charge in [0.15, 0.2) is 0 Å². The zero-order valence-electron chi connectivity index (χ0n) is 29.6. The van der Waals surface area contributed by atoms with Crippen LogP contribution >= 0.6 is 0 Å². The van der Waals surface area contributed by atoms with Crippen molar-refractivity contribution >= 4 is 34.3 Å². The number of rotatable bonds is 4. The van der Waals surface area contributed by atoms with E-state index in [9.17, 15) is 0 Å². The van der Waals surface area contributed by atoms with E-state index >= 15 is 0 Å². The molecular formula is C50H40N2O. The van der Waals surface area contributed by atoms with E-state index in [1.807, 2.05) is 0 Å². The number of aromatic nitrogens is 1. The minimum Gasteiger partial charge on any atom is -0.363 e. The molecule has 12 rings (SSSR count). The summed E-state index contributed by atoms with van der Waals surface area (Å²) in [6.07, 6.45) is 37.3. The maximum Gasteiger partial charge on any atom is 0.105 e. The third-order valence-corrected chi connectivity index (χ3v) is 12.9. The second-order valence-electron chi connectivity index (χ2n) is 15.7. The molecule has 1 fully saturated rings. The van der Waals surface area contributed by atoms with Crippen LogP contribution < -0.4 is 15.3 Å². The molecule has 8 aliphatic rings. The zero-order valence-corrected chi connectivity index (χ0v) is 29.6. The summed E-state index contributed by atoms with van der Waals surface area (Å²) >= 11 is 0. The molecule has 0 radical (unpaired) electrons. The number of benzene rings is 3. The number of hydrogen-bond donors (Lipinski definition) is 0. The van der Waals surface area contributed by atoms with Crippen molar-refractivity contribution in [2.45, 2.75) is 43.9 Å². The van der Waals surface area contributed by atoms with Crippen LogP contribution in [0.4, 0.5) is 5.69 Å². The molecule has 6 atom stereocenters. The van der Waals surface area contributed by atoms with E-state index in [1.54, 1.807) is 0 Å². The lowest BCUT2D eigenvalue weighted by Gasteiger charge is -2.39. The molecule has 2 heterocycles. The Morgan fingerprint density at radius 3 is 2.62 bits per heavy atom. The van der Waals surface area contributed by atoms with Gasteiger partial charge in [0.2, 0.25) is 0 Å². The first-order valence-corrected chi connectivity index (χ1v) is 19.5. The highest BCUT2D eigenvalue weighted by Crippen LogP contribution is 2.52. The monoisotopic (exact) mass is 684 g/mol. The molecule has 0 saturated carbocycles. The number of ether oxygens (including phenoxy) is 1. The fraction of sp³-hybridized carbons (Fsp3) is 0.200. The van der Waals surface area contributed by atoms with E-state index in [4.69, 9.17) is 4.74 Å². The van der Waals surface area contributed by atoms with Crippen molar-refractivity contribution in [2.75, 3.05) is 4.90 Å². The largest absolute Gasteiger partial charge is 0.363 e. The first-order chi connectivity index (χ1) is 26.3. The molecule has 3 aromatic carbocycles. The lowest BCUT2D eigenvalue weighted by molar-refractivity contribution is 0.0792. The molecule has 3 nitrogen and oxygen atoms in total. The highest BCUT2D eigenvalue weighted by Gasteiger charge is 2.46. The van der Waals surface area contributed by atoms with Gasteiger partial charge in [0.1, 0.15) is 6.10 Å². The number of anilines is 1. The predicted octanol–water partition coefficient (Wildman–Crippen LogP) is 9.13. The number of allylic oxidation sites excluding steroid dienone is 11. The van der Waals surface area contributed by atoms with Gasteiger partial charge in [-0.15, -0.1) is 0 Å². The summed E-state index contributed by atoms with van der Waals surface area (Å²) in [5.74, 6) is 1.08. The molecule has 53 heavy (non-hydrogen) atoms. The van der Waals surface area contributed by atoms with Crippen molar-refractivity contribution in [1.29, 1.82) is 0 Å². The maximum absolute atomic E-state index is 7.00. The van der Waals surface area contributed by atoms with Crippen molar-refractivity contribution in [3.05, 3.63) is 195 Å². The molecule has 0 bridgehead atoms. The summed E-state index contributed by atoms with van der Waals surface area (Å²) in [7, 11) is 0. The van der Waals surface area contributed by atoms with Crippen LogP contribution in [0.25, 0.3) is 34.3 Å². The number of nitrogens with zero attached hydrogens (tertiary/aromatic N) is 2. The Balaban J connectivity index is 1.04. The summed E-state index contributed by atoms with van der Waals surface area (Å²) in [6.45, 7) is 0. The topological polar surface area (TPSA) is 17.4 Å². The van der Waals surface area contributed by atoms with Crippen LogP contribution in [0.5, 0.6) is 0 Å². The van der Waals surface area contributed by atoms with Gasteiger partial charge in [-0.25, -0.2) is 0 Å². The Bertz CT molecular complexity index is 2680. The van der Waals surface area contributed by atoms with E-state index in [1.165, 1.54) is 77.5 Å². The highest BCUT2D eigenvalue weighted by atomic mass is 16.5. The molecule has 7 aliphatic carbocycles. The van der Waals surface area contributed by atoms with E-state index in [2.05, 4.69) is 167 Å². The SMILES string of the molecule is C1=CC2OC3C(N(c4ccc5c(c4)c4c(n5-c5ccccc5)CCC=C4)C4C=C5C(=CC4)C4=c6ccccc6=CC6CC=CC5=C46)=CC=CC3C2C=C1. The third kappa shape index (κ3) is 4.32. The first-order valence-electron chi connectivity index (χ1n) is 19.5. The molecule has 0 amide bonds. The highest BCUT2D eigenvalue weighted by molar-refractivity contribution is 5.98. The van der Waals surface area contributed by atoms with Crippen molar-refractivity contribution < 1.29 is 4.74 Å². The standard InChI is InChI=1S/C50H40N2O/c1-2-14-33(15-3-1)52-44-21-8-6-17-37(44)43-30-35(25-27-45(43)52)51(46-22-11-20-41-38-18-7-9-23-47(38)53-50(41)46)34-24-26-40-42(29-34)39-19-10-13-32-28-31-12-4-5-16-36(31)49(40)48(32)39/h1-7,9-12,14-20,22-23,25-30,32,34,38,41,47,50H,8,13,21,24H2. The van der Waals surface area contributed by atoms with Gasteiger partial charge in [-0.1, -0.05) is 121 Å². The average Bonchev–Trinajstić information content (AvgIpc) is 3.87. The molecule has 0 N–H and O–H groups in total. The van der Waals surface area contributed by atoms with Gasteiger partial charge in [0, 0.05) is 51.5 Å². The van der Waals surface area contributed by atoms with Gasteiger partial charge in [0.25, 0.3) is 0 Å². The van der Waals surface area contributed by atoms with E-state index in [-0.39, 0.29) is 18.2 Å². The fourth-order valence-electron chi connectivity index (χ4n) is 10.7. The summed E-state index contributed by atoms with van der Waals surface area (Å²) in [4.78, 5) is 2.65. The minimum atomic E-state index is -0.0207. The molecule has 1 saturated heterocycles. The van der Waals surface area contributed by atoms with E-state index < -0.39 is 0 Å². The van der Waals surface area contributed by atoms with E-state index in [0.717, 1.165) is 25.7 Å². The minimum absolute atomic E-state index is 0.0207. The molecule has 0 spiro atoms. The summed E-state index contributed by atoms with van der Waals surface area (Å²) in [5.41, 5.74) is 15.0. The Kier molecular flexibility index (Phi) is 6.44. The van der Waals surface area contributed by atoms with Crippen LogP contribution in [-0.2, 0) is 11.2 Å². The molecule has 4 aromatic rings. The summed E-state index contributed by atoms with van der Waals surface area (Å²) < 4.78 is 9.50. The van der Waals surface area contributed by atoms with Crippen molar-refractivity contribution in [2.24, 2.45) is 17.8 Å². The van der Waals surface area contributed by atoms with Crippen LogP contribution in [-0.4, -0.2) is 22.8 Å². The first kappa shape index (κ1) is 29.9. The number of fused-ring (bicyclic) bond motifs is 10. The molecular weight excluding hydrogens is 645 g/mol. The summed E-state index contributed by atoms with van der Waals surface area (Å²) in [5, 5.41) is 4.07. The average molecular weight is 685 g/mol. The molecule has 6 unspecified atom stereocenters. The van der Waals surface area contributed by atoms with Gasteiger partial charge in [0.05, 0.1) is 17.7 Å². The quantitative estimate of drug-likeness (QED) is 0.213. The normalized spacial score (nSPS) is 28.0. The zero-order chi connectivity index (χ0) is 34.6. The molecule has 256 valence electrons. The Labute approximate surface area is 310 Å². The molecule has 1 aromatic heterocycles.